The van der Waals surface area contributed by atoms with Gasteiger partial charge in [-0.2, -0.15) is 0 Å². The van der Waals surface area contributed by atoms with Gasteiger partial charge in [0.15, 0.2) is 0 Å². The molecule has 0 aliphatic heterocycles. The first-order valence-corrected chi connectivity index (χ1v) is 4.73. The van der Waals surface area contributed by atoms with Crippen molar-refractivity contribution in [3.8, 4) is 0 Å². The maximum absolute atomic E-state index is 6.05. The van der Waals surface area contributed by atoms with E-state index in [4.69, 9.17) is 5.73 Å². The van der Waals surface area contributed by atoms with E-state index in [1.165, 1.54) is 0 Å². The third kappa shape index (κ3) is 1.98. The molecule has 2 N–H and O–H groups in total. The van der Waals surface area contributed by atoms with Gasteiger partial charge >= 0.3 is 0 Å². The van der Waals surface area contributed by atoms with Gasteiger partial charge in [0.1, 0.15) is 5.82 Å². The van der Waals surface area contributed by atoms with Gasteiger partial charge in [0.05, 0.1) is 16.7 Å². The highest BCUT2D eigenvalue weighted by atomic mass is 35.5. The summed E-state index contributed by atoms with van der Waals surface area (Å²) < 4.78 is 2.05. The molecule has 0 bridgehead atoms. The Hall–Kier alpha value is -1.06. The molecule has 0 aliphatic carbocycles. The molecule has 0 aliphatic rings. The molecule has 2 heterocycles. The maximum Gasteiger partial charge on any atom is 0.133 e. The molecule has 0 fully saturated rings. The number of aromatic nitrogens is 2. The highest BCUT2D eigenvalue weighted by Crippen LogP contribution is 2.19. The zero-order valence-electron chi connectivity index (χ0n) is 9.19. The number of hydrogen-bond acceptors (Lipinski definition) is 2. The van der Waals surface area contributed by atoms with Gasteiger partial charge in [0, 0.05) is 6.20 Å². The molecule has 0 saturated heterocycles. The van der Waals surface area contributed by atoms with Gasteiger partial charge in [-0.15, -0.1) is 12.4 Å². The van der Waals surface area contributed by atoms with Crippen molar-refractivity contribution >= 4 is 17.9 Å². The molecule has 2 aromatic rings. The second-order valence-electron chi connectivity index (χ2n) is 4.20. The maximum atomic E-state index is 6.05. The fourth-order valence-corrected chi connectivity index (χ4v) is 1.65. The van der Waals surface area contributed by atoms with E-state index in [1.807, 2.05) is 39.1 Å². The van der Waals surface area contributed by atoms with Gasteiger partial charge in [0.25, 0.3) is 0 Å². The number of nitrogens with zero attached hydrogens (tertiary/aromatic N) is 2. The first-order valence-electron chi connectivity index (χ1n) is 4.73. The van der Waals surface area contributed by atoms with Crippen LogP contribution >= 0.6 is 12.4 Å². The van der Waals surface area contributed by atoms with Gasteiger partial charge in [-0.1, -0.05) is 6.07 Å². The Kier molecular flexibility index (Phi) is 3.07. The molecule has 3 nitrogen and oxygen atoms in total. The van der Waals surface area contributed by atoms with Gasteiger partial charge < -0.3 is 10.1 Å². The van der Waals surface area contributed by atoms with Crippen LogP contribution in [0.2, 0.25) is 0 Å². The fraction of sp³-hybridized carbons (Fsp3) is 0.364. The molecule has 2 aromatic heterocycles. The van der Waals surface area contributed by atoms with Gasteiger partial charge in [-0.3, -0.25) is 0 Å². The van der Waals surface area contributed by atoms with Crippen LogP contribution in [0.3, 0.4) is 0 Å². The van der Waals surface area contributed by atoms with Crippen LogP contribution in [0, 0.1) is 6.92 Å². The third-order valence-electron chi connectivity index (χ3n) is 2.31. The molecule has 0 aromatic carbocycles. The number of aryl methyl sites for hydroxylation is 1. The van der Waals surface area contributed by atoms with Crippen LogP contribution in [0.15, 0.2) is 24.4 Å². The minimum Gasteiger partial charge on any atom is -0.319 e. The topological polar surface area (TPSA) is 43.3 Å². The van der Waals surface area contributed by atoms with Gasteiger partial charge in [-0.05, 0) is 32.9 Å². The summed E-state index contributed by atoms with van der Waals surface area (Å²) in [6.45, 7) is 5.94. The number of nitrogens with two attached hydrogens (primary N) is 1. The van der Waals surface area contributed by atoms with E-state index < -0.39 is 5.54 Å². The molecule has 15 heavy (non-hydrogen) atoms. The number of hydrogen-bond donors (Lipinski definition) is 1. The Morgan fingerprint density at radius 2 is 2.00 bits per heavy atom. The average molecular weight is 226 g/mol. The smallest absolute Gasteiger partial charge is 0.133 e. The van der Waals surface area contributed by atoms with E-state index in [9.17, 15) is 0 Å². The summed E-state index contributed by atoms with van der Waals surface area (Å²) >= 11 is 0. The van der Waals surface area contributed by atoms with Crippen molar-refractivity contribution in [2.24, 2.45) is 5.73 Å². The Morgan fingerprint density at radius 3 is 2.60 bits per heavy atom. The van der Waals surface area contributed by atoms with Gasteiger partial charge in [0.2, 0.25) is 0 Å². The number of rotatable bonds is 1. The largest absolute Gasteiger partial charge is 0.319 e. The lowest BCUT2D eigenvalue weighted by atomic mass is 10.1. The number of imidazole rings is 1. The summed E-state index contributed by atoms with van der Waals surface area (Å²) in [4.78, 5) is 4.50. The van der Waals surface area contributed by atoms with Gasteiger partial charge in [-0.25, -0.2) is 4.98 Å². The van der Waals surface area contributed by atoms with E-state index in [1.54, 1.807) is 0 Å². The summed E-state index contributed by atoms with van der Waals surface area (Å²) in [6.07, 6.45) is 2.00. The van der Waals surface area contributed by atoms with Crippen LogP contribution in [0.4, 0.5) is 0 Å². The SMILES string of the molecule is Cc1nc(C(C)(C)N)n2ccccc12.Cl. The highest BCUT2D eigenvalue weighted by molar-refractivity contribution is 5.85. The third-order valence-corrected chi connectivity index (χ3v) is 2.31. The van der Waals surface area contributed by atoms with Crippen LogP contribution < -0.4 is 5.73 Å². The van der Waals surface area contributed by atoms with Crippen LogP contribution in [-0.4, -0.2) is 9.38 Å². The van der Waals surface area contributed by atoms with Crippen LogP contribution in [-0.2, 0) is 5.54 Å². The van der Waals surface area contributed by atoms with Crippen LogP contribution in [0.5, 0.6) is 0 Å². The number of fused-ring (bicyclic) bond motifs is 1. The zero-order chi connectivity index (χ0) is 10.3. The Balaban J connectivity index is 0.00000112. The lowest BCUT2D eigenvalue weighted by molar-refractivity contribution is 0.511. The Morgan fingerprint density at radius 1 is 1.33 bits per heavy atom. The summed E-state index contributed by atoms with van der Waals surface area (Å²) in [5.41, 5.74) is 7.80. The lowest BCUT2D eigenvalue weighted by Crippen LogP contribution is -2.31. The number of halogens is 1. The van der Waals surface area contributed by atoms with Crippen molar-refractivity contribution < 1.29 is 0 Å². The molecule has 4 heteroatoms. The zero-order valence-corrected chi connectivity index (χ0v) is 10.0. The summed E-state index contributed by atoms with van der Waals surface area (Å²) in [5, 5.41) is 0. The van der Waals surface area contributed by atoms with E-state index in [-0.39, 0.29) is 12.4 Å². The second-order valence-corrected chi connectivity index (χ2v) is 4.20. The molecule has 0 amide bonds. The highest BCUT2D eigenvalue weighted by Gasteiger charge is 2.21. The number of pyridine rings is 1. The predicted molar refractivity (Wildman–Crippen MR) is 64.4 cm³/mol. The van der Waals surface area contributed by atoms with Crippen LogP contribution in [0.25, 0.3) is 5.52 Å². The molecule has 0 unspecified atom stereocenters. The molecular weight excluding hydrogens is 210 g/mol. The Labute approximate surface area is 95.7 Å². The van der Waals surface area contributed by atoms with Crippen molar-refractivity contribution in [3.05, 3.63) is 35.9 Å². The first kappa shape index (κ1) is 12.0. The van der Waals surface area contributed by atoms with Crippen molar-refractivity contribution in [3.63, 3.8) is 0 Å². The summed E-state index contributed by atoms with van der Waals surface area (Å²) in [5.74, 6) is 0.908. The summed E-state index contributed by atoms with van der Waals surface area (Å²) in [7, 11) is 0. The normalized spacial score (nSPS) is 11.5. The Bertz CT molecular complexity index is 468. The predicted octanol–water partition coefficient (Wildman–Crippen LogP) is 2.26. The minimum absolute atomic E-state index is 0. The van der Waals surface area contributed by atoms with Crippen molar-refractivity contribution in [1.82, 2.24) is 9.38 Å². The second kappa shape index (κ2) is 3.83. The average Bonchev–Trinajstić information content (AvgIpc) is 2.44. The van der Waals surface area contributed by atoms with Crippen molar-refractivity contribution in [1.29, 1.82) is 0 Å². The first-order chi connectivity index (χ1) is 6.50. The molecular formula is C11H16ClN3. The minimum atomic E-state index is -0.404. The summed E-state index contributed by atoms with van der Waals surface area (Å²) in [6, 6.07) is 6.05. The van der Waals surface area contributed by atoms with E-state index in [0.29, 0.717) is 0 Å². The standard InChI is InChI=1S/C11H15N3.ClH/c1-8-9-6-4-5-7-14(9)10(13-8)11(2,3)12;/h4-7H,12H2,1-3H3;1H. The van der Waals surface area contributed by atoms with Crippen LogP contribution in [0.1, 0.15) is 25.4 Å². The lowest BCUT2D eigenvalue weighted by Gasteiger charge is -2.16. The van der Waals surface area contributed by atoms with E-state index in [0.717, 1.165) is 17.0 Å². The quantitative estimate of drug-likeness (QED) is 0.809. The van der Waals surface area contributed by atoms with Crippen molar-refractivity contribution in [2.75, 3.05) is 0 Å². The fourth-order valence-electron chi connectivity index (χ4n) is 1.65. The molecule has 0 radical (unpaired) electrons. The van der Waals surface area contributed by atoms with E-state index >= 15 is 0 Å². The molecule has 0 atom stereocenters. The van der Waals surface area contributed by atoms with E-state index in [2.05, 4.69) is 15.5 Å². The van der Waals surface area contributed by atoms with Crippen molar-refractivity contribution in [2.45, 2.75) is 26.3 Å². The molecule has 0 saturated carbocycles. The molecule has 82 valence electrons. The molecule has 2 rings (SSSR count). The monoisotopic (exact) mass is 225 g/mol. The molecule has 0 spiro atoms.